The number of halogens is 1. The number of hydrogen-bond donors (Lipinski definition) is 1. The van der Waals surface area contributed by atoms with Crippen LogP contribution in [0.1, 0.15) is 15.2 Å². The number of aromatic nitrogens is 1. The zero-order valence-electron chi connectivity index (χ0n) is 9.41. The molecule has 1 aromatic heterocycles. The van der Waals surface area contributed by atoms with Crippen LogP contribution in [0.4, 0.5) is 0 Å². The van der Waals surface area contributed by atoms with E-state index in [0.29, 0.717) is 4.88 Å². The number of carboxylic acids is 1. The van der Waals surface area contributed by atoms with Crippen molar-refractivity contribution >= 4 is 38.7 Å². The normalized spacial score (nSPS) is 11.4. The van der Waals surface area contributed by atoms with Gasteiger partial charge in [0.15, 0.2) is 9.84 Å². The summed E-state index contributed by atoms with van der Waals surface area (Å²) in [6.07, 6.45) is 1.47. The number of carbonyl (C=O) groups is 1. The van der Waals surface area contributed by atoms with Crippen molar-refractivity contribution in [2.75, 3.05) is 0 Å². The number of nitrogens with zero attached hydrogens (tertiary/aromatic N) is 1. The summed E-state index contributed by atoms with van der Waals surface area (Å²) in [6.45, 7) is 0. The number of hydrogen-bond acceptors (Lipinski definition) is 5. The third-order valence-electron chi connectivity index (χ3n) is 2.34. The van der Waals surface area contributed by atoms with E-state index in [-0.39, 0.29) is 21.2 Å². The summed E-state index contributed by atoms with van der Waals surface area (Å²) >= 11 is 6.93. The Morgan fingerprint density at radius 3 is 2.74 bits per heavy atom. The van der Waals surface area contributed by atoms with Crippen molar-refractivity contribution in [3.05, 3.63) is 45.4 Å². The number of rotatable bonds is 4. The van der Waals surface area contributed by atoms with Gasteiger partial charge < -0.3 is 5.11 Å². The highest BCUT2D eigenvalue weighted by molar-refractivity contribution is 7.90. The maximum absolute atomic E-state index is 12.1. The lowest BCUT2D eigenvalue weighted by Gasteiger charge is -2.05. The summed E-state index contributed by atoms with van der Waals surface area (Å²) in [6, 6.07) is 3.64. The Hall–Kier alpha value is -1.44. The molecule has 0 unspecified atom stereocenters. The van der Waals surface area contributed by atoms with E-state index >= 15 is 0 Å². The van der Waals surface area contributed by atoms with Crippen LogP contribution in [0.5, 0.6) is 0 Å². The summed E-state index contributed by atoms with van der Waals surface area (Å²) in [7, 11) is -3.61. The number of aromatic carboxylic acids is 1. The Balaban J connectivity index is 2.41. The lowest BCUT2D eigenvalue weighted by Crippen LogP contribution is -2.06. The minimum Gasteiger partial charge on any atom is -0.478 e. The second kappa shape index (κ2) is 5.28. The first-order valence-electron chi connectivity index (χ1n) is 5.03. The molecule has 0 spiro atoms. The minimum absolute atomic E-state index is 0.00393. The van der Waals surface area contributed by atoms with Crippen LogP contribution in [0.15, 0.2) is 34.8 Å². The van der Waals surface area contributed by atoms with Crippen molar-refractivity contribution in [3.8, 4) is 0 Å². The summed E-state index contributed by atoms with van der Waals surface area (Å²) in [5.74, 6) is -1.47. The van der Waals surface area contributed by atoms with Gasteiger partial charge in [-0.1, -0.05) is 11.6 Å². The lowest BCUT2D eigenvalue weighted by molar-refractivity contribution is 0.0697. The molecule has 8 heteroatoms. The number of thiazole rings is 1. The molecule has 19 heavy (non-hydrogen) atoms. The molecule has 0 atom stereocenters. The Kier molecular flexibility index (Phi) is 3.88. The first-order valence-corrected chi connectivity index (χ1v) is 7.94. The molecule has 0 radical (unpaired) electrons. The van der Waals surface area contributed by atoms with Gasteiger partial charge in [-0.2, -0.15) is 0 Å². The van der Waals surface area contributed by atoms with Gasteiger partial charge >= 0.3 is 5.97 Å². The molecule has 0 aliphatic heterocycles. The third-order valence-corrected chi connectivity index (χ3v) is 5.30. The van der Waals surface area contributed by atoms with E-state index in [1.807, 2.05) is 0 Å². The van der Waals surface area contributed by atoms with Crippen molar-refractivity contribution in [2.24, 2.45) is 0 Å². The zero-order valence-corrected chi connectivity index (χ0v) is 11.8. The Bertz CT molecular complexity index is 710. The molecule has 0 bridgehead atoms. The van der Waals surface area contributed by atoms with Gasteiger partial charge in [0.25, 0.3) is 0 Å². The maximum Gasteiger partial charge on any atom is 0.337 e. The first-order chi connectivity index (χ1) is 8.90. The molecule has 100 valence electrons. The predicted octanol–water partition coefficient (Wildman–Crippen LogP) is 2.47. The third kappa shape index (κ3) is 3.12. The highest BCUT2D eigenvalue weighted by atomic mass is 35.5. The summed E-state index contributed by atoms with van der Waals surface area (Å²) in [4.78, 5) is 15.3. The Morgan fingerprint density at radius 2 is 2.16 bits per heavy atom. The molecule has 0 aliphatic rings. The van der Waals surface area contributed by atoms with E-state index in [1.54, 1.807) is 0 Å². The van der Waals surface area contributed by atoms with Crippen molar-refractivity contribution in [3.63, 3.8) is 0 Å². The second-order valence-corrected chi connectivity index (χ2v) is 7.04. The molecular formula is C11H8ClNO4S2. The largest absolute Gasteiger partial charge is 0.478 e. The van der Waals surface area contributed by atoms with Crippen LogP contribution in [-0.4, -0.2) is 24.5 Å². The molecule has 0 saturated carbocycles. The Labute approximate surface area is 118 Å². The van der Waals surface area contributed by atoms with E-state index in [1.165, 1.54) is 35.2 Å². The summed E-state index contributed by atoms with van der Waals surface area (Å²) < 4.78 is 24.3. The molecule has 2 aromatic rings. The molecule has 0 fully saturated rings. The first kappa shape index (κ1) is 14.0. The van der Waals surface area contributed by atoms with Crippen LogP contribution in [0, 0.1) is 0 Å². The summed E-state index contributed by atoms with van der Waals surface area (Å²) in [5, 5.41) is 8.93. The average Bonchev–Trinajstić information content (AvgIpc) is 2.80. The van der Waals surface area contributed by atoms with E-state index in [4.69, 9.17) is 16.7 Å². The van der Waals surface area contributed by atoms with Gasteiger partial charge in [-0.05, 0) is 18.2 Å². The number of carboxylic acid groups (broad SMARTS) is 1. The van der Waals surface area contributed by atoms with Crippen LogP contribution < -0.4 is 0 Å². The van der Waals surface area contributed by atoms with Gasteiger partial charge in [0.1, 0.15) is 0 Å². The molecular weight excluding hydrogens is 310 g/mol. The molecule has 5 nitrogen and oxygen atoms in total. The van der Waals surface area contributed by atoms with Crippen LogP contribution >= 0.6 is 22.9 Å². The van der Waals surface area contributed by atoms with Crippen molar-refractivity contribution in [1.82, 2.24) is 4.98 Å². The predicted molar refractivity (Wildman–Crippen MR) is 71.4 cm³/mol. The molecule has 0 amide bonds. The number of sulfone groups is 1. The maximum atomic E-state index is 12.1. The lowest BCUT2D eigenvalue weighted by atomic mass is 10.2. The van der Waals surface area contributed by atoms with E-state index < -0.39 is 15.8 Å². The molecule has 1 heterocycles. The van der Waals surface area contributed by atoms with Crippen LogP contribution in [0.2, 0.25) is 5.02 Å². The van der Waals surface area contributed by atoms with Crippen molar-refractivity contribution in [1.29, 1.82) is 0 Å². The fourth-order valence-electron chi connectivity index (χ4n) is 1.45. The zero-order chi connectivity index (χ0) is 14.0. The molecule has 0 aliphatic carbocycles. The van der Waals surface area contributed by atoms with E-state index in [9.17, 15) is 13.2 Å². The topological polar surface area (TPSA) is 84.3 Å². The average molecular weight is 318 g/mol. The molecule has 2 rings (SSSR count). The van der Waals surface area contributed by atoms with Crippen LogP contribution in [0.25, 0.3) is 0 Å². The molecule has 1 aromatic carbocycles. The monoisotopic (exact) mass is 317 g/mol. The Morgan fingerprint density at radius 1 is 1.42 bits per heavy atom. The van der Waals surface area contributed by atoms with Gasteiger partial charge in [0.2, 0.25) is 0 Å². The van der Waals surface area contributed by atoms with Gasteiger partial charge in [-0.3, -0.25) is 4.98 Å². The fraction of sp³-hybridized carbons (Fsp3) is 0.0909. The van der Waals surface area contributed by atoms with Crippen molar-refractivity contribution in [2.45, 2.75) is 10.6 Å². The highest BCUT2D eigenvalue weighted by Gasteiger charge is 2.19. The van der Waals surface area contributed by atoms with Crippen LogP contribution in [-0.2, 0) is 15.6 Å². The van der Waals surface area contributed by atoms with Crippen molar-refractivity contribution < 1.29 is 18.3 Å². The molecule has 0 saturated heterocycles. The van der Waals surface area contributed by atoms with Gasteiger partial charge in [0.05, 0.1) is 26.7 Å². The smallest absolute Gasteiger partial charge is 0.337 e. The highest BCUT2D eigenvalue weighted by Crippen LogP contribution is 2.24. The van der Waals surface area contributed by atoms with Gasteiger partial charge in [-0.25, -0.2) is 13.2 Å². The quantitative estimate of drug-likeness (QED) is 0.936. The minimum atomic E-state index is -3.61. The fourth-order valence-corrected chi connectivity index (χ4v) is 3.95. The van der Waals surface area contributed by atoms with E-state index in [0.717, 1.165) is 6.07 Å². The molecule has 1 N–H and O–H groups in total. The van der Waals surface area contributed by atoms with E-state index in [2.05, 4.69) is 4.98 Å². The van der Waals surface area contributed by atoms with Gasteiger partial charge in [-0.15, -0.1) is 11.3 Å². The summed E-state index contributed by atoms with van der Waals surface area (Å²) in [5.41, 5.74) is 1.31. The number of benzene rings is 1. The second-order valence-electron chi connectivity index (χ2n) is 3.67. The standard InChI is InChI=1S/C11H8ClNO4S2/c12-10-2-1-8(3-9(10)11(14)15)19(16,17)5-7-4-13-6-18-7/h1-4,6H,5H2,(H,14,15). The van der Waals surface area contributed by atoms with Gasteiger partial charge in [0, 0.05) is 11.1 Å². The van der Waals surface area contributed by atoms with Crippen LogP contribution in [0.3, 0.4) is 0 Å². The SMILES string of the molecule is O=C(O)c1cc(S(=O)(=O)Cc2cncs2)ccc1Cl.